The van der Waals surface area contributed by atoms with Crippen molar-refractivity contribution < 1.29 is 28.6 Å². The maximum atomic E-state index is 14.3. The lowest BCUT2D eigenvalue weighted by Gasteiger charge is -2.34. The molecule has 2 aromatic rings. The first-order valence-corrected chi connectivity index (χ1v) is 16.2. The number of aldehydes is 1. The van der Waals surface area contributed by atoms with Gasteiger partial charge in [0, 0.05) is 12.0 Å². The van der Waals surface area contributed by atoms with Gasteiger partial charge in [0.2, 0.25) is 11.8 Å². The quantitative estimate of drug-likeness (QED) is 0.493. The van der Waals surface area contributed by atoms with Crippen molar-refractivity contribution in [2.24, 2.45) is 17.8 Å². The molecule has 10 nitrogen and oxygen atoms in total. The third-order valence-electron chi connectivity index (χ3n) is 9.98. The Morgan fingerprint density at radius 1 is 0.977 bits per heavy atom. The first-order chi connectivity index (χ1) is 21.0. The highest BCUT2D eigenvalue weighted by atomic mass is 16.6. The molecule has 1 aromatic heterocycles. The van der Waals surface area contributed by atoms with E-state index in [1.54, 1.807) is 12.0 Å². The molecule has 10 heteroatoms. The second-order valence-electron chi connectivity index (χ2n) is 12.7. The van der Waals surface area contributed by atoms with Crippen LogP contribution in [0.1, 0.15) is 83.2 Å². The van der Waals surface area contributed by atoms with Gasteiger partial charge in [-0.15, -0.1) is 0 Å². The van der Waals surface area contributed by atoms with Crippen LogP contribution in [-0.2, 0) is 20.7 Å². The minimum atomic E-state index is -0.730. The highest BCUT2D eigenvalue weighted by molar-refractivity contribution is 5.88. The normalized spacial score (nSPS) is 30.6. The van der Waals surface area contributed by atoms with Gasteiger partial charge in [0.1, 0.15) is 36.0 Å². The van der Waals surface area contributed by atoms with Crippen LogP contribution >= 0.6 is 0 Å². The summed E-state index contributed by atoms with van der Waals surface area (Å²) in [7, 11) is 1.62. The third kappa shape index (κ3) is 6.43. The van der Waals surface area contributed by atoms with Crippen molar-refractivity contribution >= 4 is 29.3 Å². The molecule has 232 valence electrons. The van der Waals surface area contributed by atoms with Crippen molar-refractivity contribution in [2.45, 2.75) is 108 Å². The van der Waals surface area contributed by atoms with Crippen LogP contribution in [-0.4, -0.2) is 71.1 Å². The smallest absolute Gasteiger partial charge is 0.408 e. The number of alkyl carbamates (subject to hydrolysis) is 1. The number of hydrogen-bond acceptors (Lipinski definition) is 8. The molecule has 4 aliphatic rings. The van der Waals surface area contributed by atoms with Crippen molar-refractivity contribution in [1.29, 1.82) is 0 Å². The molecule has 6 atom stereocenters. The third-order valence-corrected chi connectivity index (χ3v) is 9.98. The zero-order valence-electron chi connectivity index (χ0n) is 25.3. The summed E-state index contributed by atoms with van der Waals surface area (Å²) in [5.41, 5.74) is 2.24. The van der Waals surface area contributed by atoms with Crippen LogP contribution in [0.15, 0.2) is 18.2 Å². The lowest BCUT2D eigenvalue weighted by molar-refractivity contribution is -0.138. The number of aromatic nitrogens is 2. The highest BCUT2D eigenvalue weighted by Crippen LogP contribution is 2.39. The van der Waals surface area contributed by atoms with Gasteiger partial charge < -0.3 is 29.2 Å². The van der Waals surface area contributed by atoms with Crippen molar-refractivity contribution in [3.63, 3.8) is 0 Å². The van der Waals surface area contributed by atoms with Gasteiger partial charge >= 0.3 is 6.09 Å². The Labute approximate surface area is 253 Å². The van der Waals surface area contributed by atoms with E-state index in [0.717, 1.165) is 81.7 Å². The molecule has 1 N–H and O–H groups in total. The second-order valence-corrected chi connectivity index (χ2v) is 12.7. The highest BCUT2D eigenvalue weighted by Gasteiger charge is 2.48. The SMILES string of the molecule is CC[C@@H]1[C@@H]2CN(C(=O)[C@H](C3CCCCC3)NC(=O)O[C@@H]3C[C@H]3CCCCCc3nc4ccc(OC)cc4nc3O2)[C@@H]1C=O. The van der Waals surface area contributed by atoms with Crippen LogP contribution in [0, 0.1) is 17.8 Å². The number of hydrogen-bond donors (Lipinski definition) is 1. The van der Waals surface area contributed by atoms with E-state index in [0.29, 0.717) is 35.9 Å². The fourth-order valence-electron chi connectivity index (χ4n) is 7.39. The van der Waals surface area contributed by atoms with Crippen molar-refractivity contribution in [3.8, 4) is 11.6 Å². The number of benzene rings is 1. The maximum absolute atomic E-state index is 14.3. The van der Waals surface area contributed by atoms with E-state index in [1.807, 2.05) is 25.1 Å². The number of ether oxygens (including phenoxy) is 3. The molecular weight excluding hydrogens is 548 g/mol. The predicted octanol–water partition coefficient (Wildman–Crippen LogP) is 5.00. The van der Waals surface area contributed by atoms with E-state index in [9.17, 15) is 14.4 Å². The molecule has 1 aromatic carbocycles. The van der Waals surface area contributed by atoms with Gasteiger partial charge in [0.05, 0.1) is 30.7 Å². The fraction of sp³-hybridized carbons (Fsp3) is 0.667. The first kappa shape index (κ1) is 29.6. The molecule has 0 spiro atoms. The zero-order valence-corrected chi connectivity index (χ0v) is 25.3. The van der Waals surface area contributed by atoms with Crippen LogP contribution in [0.4, 0.5) is 4.79 Å². The number of rotatable bonds is 4. The summed E-state index contributed by atoms with van der Waals surface area (Å²) in [6.07, 6.45) is 10.9. The van der Waals surface area contributed by atoms with Crippen LogP contribution in [0.3, 0.4) is 0 Å². The fourth-order valence-corrected chi connectivity index (χ4v) is 7.39. The lowest BCUT2D eigenvalue weighted by atomic mass is 9.83. The average molecular weight is 593 g/mol. The predicted molar refractivity (Wildman–Crippen MR) is 160 cm³/mol. The monoisotopic (exact) mass is 592 g/mol. The van der Waals surface area contributed by atoms with Gasteiger partial charge in [-0.1, -0.05) is 39.0 Å². The maximum Gasteiger partial charge on any atom is 0.408 e. The molecule has 0 radical (unpaired) electrons. The van der Waals surface area contributed by atoms with Crippen LogP contribution in [0.5, 0.6) is 11.6 Å². The summed E-state index contributed by atoms with van der Waals surface area (Å²) in [6.45, 7) is 2.25. The first-order valence-electron chi connectivity index (χ1n) is 16.2. The van der Waals surface area contributed by atoms with Gasteiger partial charge in [-0.2, -0.15) is 0 Å². The van der Waals surface area contributed by atoms with Crippen molar-refractivity contribution in [1.82, 2.24) is 20.2 Å². The zero-order chi connectivity index (χ0) is 29.9. The van der Waals surface area contributed by atoms with E-state index in [4.69, 9.17) is 24.2 Å². The molecule has 2 saturated carbocycles. The summed E-state index contributed by atoms with van der Waals surface area (Å²) in [6, 6.07) is 4.25. The molecule has 43 heavy (non-hydrogen) atoms. The summed E-state index contributed by atoms with van der Waals surface area (Å²) in [5, 5.41) is 2.96. The molecule has 2 aliphatic heterocycles. The number of fused-ring (bicyclic) bond motifs is 5. The Morgan fingerprint density at radius 3 is 2.49 bits per heavy atom. The van der Waals surface area contributed by atoms with Crippen molar-refractivity contribution in [3.05, 3.63) is 23.9 Å². The second kappa shape index (κ2) is 13.1. The number of carbonyl (C=O) groups is 3. The van der Waals surface area contributed by atoms with Gasteiger partial charge in [-0.3, -0.25) is 4.79 Å². The number of amides is 2. The summed E-state index contributed by atoms with van der Waals surface area (Å²) < 4.78 is 17.8. The number of carbonyl (C=O) groups excluding carboxylic acids is 3. The minimum Gasteiger partial charge on any atom is -0.497 e. The summed E-state index contributed by atoms with van der Waals surface area (Å²) in [5.74, 6) is 1.07. The molecule has 2 amide bonds. The molecule has 2 bridgehead atoms. The topological polar surface area (TPSA) is 120 Å². The molecule has 6 rings (SSSR count). The Morgan fingerprint density at radius 2 is 1.74 bits per heavy atom. The van der Waals surface area contributed by atoms with E-state index < -0.39 is 24.3 Å². The van der Waals surface area contributed by atoms with E-state index in [2.05, 4.69) is 5.32 Å². The van der Waals surface area contributed by atoms with E-state index in [1.165, 1.54) is 0 Å². The average Bonchev–Trinajstić information content (AvgIpc) is 3.66. The van der Waals surface area contributed by atoms with E-state index >= 15 is 0 Å². The molecule has 3 heterocycles. The van der Waals surface area contributed by atoms with Gasteiger partial charge in [-0.05, 0) is 68.9 Å². The summed E-state index contributed by atoms with van der Waals surface area (Å²) in [4.78, 5) is 51.3. The van der Waals surface area contributed by atoms with Crippen molar-refractivity contribution in [2.75, 3.05) is 13.7 Å². The Balaban J connectivity index is 1.34. The Bertz CT molecular complexity index is 1330. The molecule has 3 fully saturated rings. The van der Waals surface area contributed by atoms with Gasteiger partial charge in [0.25, 0.3) is 0 Å². The van der Waals surface area contributed by atoms with Gasteiger partial charge in [-0.25, -0.2) is 14.8 Å². The molecule has 1 saturated heterocycles. The van der Waals surface area contributed by atoms with Crippen LogP contribution in [0.25, 0.3) is 11.0 Å². The summed E-state index contributed by atoms with van der Waals surface area (Å²) >= 11 is 0. The number of nitrogens with one attached hydrogen (secondary N) is 1. The molecule has 2 aliphatic carbocycles. The number of methoxy groups -OCH3 is 1. The molecule has 0 unspecified atom stereocenters. The number of nitrogens with zero attached hydrogens (tertiary/aromatic N) is 3. The standard InChI is InChI=1S/C33H44N4O6/c1-3-23-27(19-38)37-18-29(23)42-31-25(34-24-15-14-22(41-2)17-26(24)35-31)13-9-5-8-12-21-16-28(21)43-33(40)36-30(32(37)39)20-10-6-4-7-11-20/h14-15,17,19-21,23,27-30H,3-13,16,18H2,1-2H3,(H,36,40)/t21-,23+,27-,28-,29+,30+/m1/s1. The minimum absolute atomic E-state index is 0.00896. The Kier molecular flexibility index (Phi) is 9.00. The number of aryl methyl sites for hydroxylation is 1. The van der Waals surface area contributed by atoms with Crippen LogP contribution in [0.2, 0.25) is 0 Å². The Hall–Kier alpha value is -3.43. The largest absolute Gasteiger partial charge is 0.497 e. The van der Waals surface area contributed by atoms with Crippen LogP contribution < -0.4 is 14.8 Å². The van der Waals surface area contributed by atoms with Gasteiger partial charge in [0.15, 0.2) is 0 Å². The molecular formula is C33H44N4O6. The lowest BCUT2D eigenvalue weighted by Crippen LogP contribution is -2.54. The van der Waals surface area contributed by atoms with E-state index in [-0.39, 0.29) is 30.4 Å².